The molecule has 1 saturated heterocycles. The lowest BCUT2D eigenvalue weighted by Gasteiger charge is -2.44. The molecule has 0 aromatic heterocycles. The third kappa shape index (κ3) is 7.23. The van der Waals surface area contributed by atoms with Gasteiger partial charge in [0, 0.05) is 27.7 Å². The van der Waals surface area contributed by atoms with E-state index in [1.165, 1.54) is 27.7 Å². The van der Waals surface area contributed by atoms with Crippen molar-refractivity contribution in [2.75, 3.05) is 6.61 Å². The fourth-order valence-electron chi connectivity index (χ4n) is 3.36. The average molecular weight is 451 g/mol. The Kier molecular flexibility index (Phi) is 9.01. The summed E-state index contributed by atoms with van der Waals surface area (Å²) in [6.07, 6.45) is -3.69. The van der Waals surface area contributed by atoms with Gasteiger partial charge in [0.2, 0.25) is 12.2 Å². The van der Waals surface area contributed by atoms with Crippen LogP contribution in [-0.4, -0.2) is 61.1 Å². The number of nitrogens with one attached hydrogen (secondary N) is 1. The van der Waals surface area contributed by atoms with Crippen LogP contribution in [0.5, 0.6) is 5.75 Å². The Balaban J connectivity index is 2.45. The zero-order chi connectivity index (χ0) is 23.8. The number of carbonyl (C=O) groups excluding carboxylic acids is 4. The van der Waals surface area contributed by atoms with E-state index in [1.54, 1.807) is 6.07 Å². The first kappa shape index (κ1) is 25.1. The van der Waals surface area contributed by atoms with Crippen LogP contribution < -0.4 is 10.1 Å². The number of carbonyl (C=O) groups is 4. The third-order valence-electron chi connectivity index (χ3n) is 4.63. The van der Waals surface area contributed by atoms with Crippen molar-refractivity contribution in [2.45, 2.75) is 71.7 Å². The van der Waals surface area contributed by atoms with Gasteiger partial charge >= 0.3 is 17.9 Å². The minimum Gasteiger partial charge on any atom is -0.463 e. The highest BCUT2D eigenvalue weighted by Gasteiger charge is 2.51. The van der Waals surface area contributed by atoms with Crippen molar-refractivity contribution in [2.24, 2.45) is 0 Å². The molecule has 0 saturated carbocycles. The summed E-state index contributed by atoms with van der Waals surface area (Å²) in [7, 11) is 0. The van der Waals surface area contributed by atoms with Crippen LogP contribution in [-0.2, 0) is 44.5 Å². The van der Waals surface area contributed by atoms with E-state index in [1.807, 2.05) is 25.1 Å². The number of hydrogen-bond acceptors (Lipinski definition) is 9. The fraction of sp³-hybridized carbons (Fsp3) is 0.545. The van der Waals surface area contributed by atoms with Crippen molar-refractivity contribution in [3.8, 4) is 5.75 Å². The molecule has 1 aliphatic rings. The summed E-state index contributed by atoms with van der Waals surface area (Å²) in [6.45, 7) is 6.58. The Morgan fingerprint density at radius 1 is 0.969 bits per heavy atom. The molecule has 0 unspecified atom stereocenters. The van der Waals surface area contributed by atoms with Gasteiger partial charge in [0.05, 0.1) is 0 Å². The zero-order valence-electron chi connectivity index (χ0n) is 18.8. The topological polar surface area (TPSA) is 126 Å². The summed E-state index contributed by atoms with van der Waals surface area (Å²) in [5.41, 5.74) is 1.01. The molecule has 0 spiro atoms. The molecule has 0 aliphatic carbocycles. The van der Waals surface area contributed by atoms with E-state index in [0.29, 0.717) is 5.75 Å². The number of amides is 1. The first-order valence-corrected chi connectivity index (χ1v) is 10.3. The predicted octanol–water partition coefficient (Wildman–Crippen LogP) is 1.28. The standard InChI is InChI=1S/C22H29NO9/c1-6-16-8-7-9-17(10-16)31-22-19(23-12(2)24)21(30-15(5)27)20(29-14(4)26)18(32-22)11-28-13(3)25/h7-10,18-22H,6,11H2,1-5H3,(H,23,24)/t18-,19+,20+,21-,22-/m1/s1. The van der Waals surface area contributed by atoms with Gasteiger partial charge < -0.3 is 29.0 Å². The van der Waals surface area contributed by atoms with Crippen molar-refractivity contribution in [1.82, 2.24) is 5.32 Å². The molecular weight excluding hydrogens is 422 g/mol. The SMILES string of the molecule is CCc1cccc(O[C@@H]2O[C@H](COC(C)=O)[C@H](OC(C)=O)[C@H](OC(C)=O)[C@@H]2NC(C)=O)c1. The largest absolute Gasteiger partial charge is 0.463 e. The molecular formula is C22H29NO9. The number of aryl methyl sites for hydroxylation is 1. The van der Waals surface area contributed by atoms with Crippen molar-refractivity contribution < 1.29 is 42.9 Å². The van der Waals surface area contributed by atoms with E-state index >= 15 is 0 Å². The molecule has 1 fully saturated rings. The van der Waals surface area contributed by atoms with Crippen LogP contribution in [0.1, 0.15) is 40.2 Å². The first-order valence-electron chi connectivity index (χ1n) is 10.3. The van der Waals surface area contributed by atoms with Gasteiger partial charge in [-0.1, -0.05) is 19.1 Å². The average Bonchev–Trinajstić information content (AvgIpc) is 2.70. The maximum atomic E-state index is 11.9. The molecule has 176 valence electrons. The number of esters is 3. The van der Waals surface area contributed by atoms with E-state index in [9.17, 15) is 19.2 Å². The molecule has 1 N–H and O–H groups in total. The first-order chi connectivity index (χ1) is 15.1. The Labute approximate surface area is 186 Å². The molecule has 0 radical (unpaired) electrons. The molecule has 10 nitrogen and oxygen atoms in total. The quantitative estimate of drug-likeness (QED) is 0.459. The van der Waals surface area contributed by atoms with E-state index < -0.39 is 54.5 Å². The lowest BCUT2D eigenvalue weighted by Crippen LogP contribution is -2.67. The molecule has 32 heavy (non-hydrogen) atoms. The van der Waals surface area contributed by atoms with Gasteiger partial charge in [-0.05, 0) is 24.1 Å². The molecule has 1 heterocycles. The summed E-state index contributed by atoms with van der Waals surface area (Å²) in [5.74, 6) is -1.88. The summed E-state index contributed by atoms with van der Waals surface area (Å²) in [6, 6.07) is 6.26. The lowest BCUT2D eigenvalue weighted by atomic mass is 9.96. The molecule has 1 aliphatic heterocycles. The normalized spacial score (nSPS) is 24.7. The molecule has 0 bridgehead atoms. The van der Waals surface area contributed by atoms with E-state index in [0.717, 1.165) is 12.0 Å². The van der Waals surface area contributed by atoms with Gasteiger partial charge in [0.25, 0.3) is 0 Å². The molecule has 1 amide bonds. The highest BCUT2D eigenvalue weighted by molar-refractivity contribution is 5.73. The summed E-state index contributed by atoms with van der Waals surface area (Å²) < 4.78 is 27.8. The summed E-state index contributed by atoms with van der Waals surface area (Å²) in [5, 5.41) is 2.66. The van der Waals surface area contributed by atoms with Gasteiger partial charge in [-0.15, -0.1) is 0 Å². The maximum absolute atomic E-state index is 11.9. The lowest BCUT2D eigenvalue weighted by molar-refractivity contribution is -0.257. The van der Waals surface area contributed by atoms with Gasteiger partial charge in [0.15, 0.2) is 12.2 Å². The van der Waals surface area contributed by atoms with Crippen LogP contribution in [0.25, 0.3) is 0 Å². The second-order valence-corrected chi connectivity index (χ2v) is 7.34. The van der Waals surface area contributed by atoms with Crippen LogP contribution in [0.15, 0.2) is 24.3 Å². The predicted molar refractivity (Wildman–Crippen MR) is 110 cm³/mol. The van der Waals surface area contributed by atoms with Crippen LogP contribution in [0.4, 0.5) is 0 Å². The third-order valence-corrected chi connectivity index (χ3v) is 4.63. The van der Waals surface area contributed by atoms with Crippen molar-refractivity contribution >= 4 is 23.8 Å². The molecule has 1 aromatic rings. The van der Waals surface area contributed by atoms with E-state index in [2.05, 4.69) is 5.32 Å². The van der Waals surface area contributed by atoms with Gasteiger partial charge in [-0.25, -0.2) is 0 Å². The Morgan fingerprint density at radius 2 is 1.62 bits per heavy atom. The number of ether oxygens (including phenoxy) is 5. The second-order valence-electron chi connectivity index (χ2n) is 7.34. The Hall–Kier alpha value is -3.14. The monoisotopic (exact) mass is 451 g/mol. The van der Waals surface area contributed by atoms with Crippen LogP contribution in [0.3, 0.4) is 0 Å². The zero-order valence-corrected chi connectivity index (χ0v) is 18.8. The number of benzene rings is 1. The number of rotatable bonds is 8. The van der Waals surface area contributed by atoms with Crippen molar-refractivity contribution in [1.29, 1.82) is 0 Å². The van der Waals surface area contributed by atoms with Gasteiger partial charge in [-0.3, -0.25) is 19.2 Å². The summed E-state index contributed by atoms with van der Waals surface area (Å²) in [4.78, 5) is 46.9. The molecule has 10 heteroatoms. The molecule has 1 aromatic carbocycles. The minimum absolute atomic E-state index is 0.285. The van der Waals surface area contributed by atoms with Gasteiger partial charge in [0.1, 0.15) is 24.5 Å². The second kappa shape index (κ2) is 11.5. The van der Waals surface area contributed by atoms with Crippen LogP contribution >= 0.6 is 0 Å². The highest BCUT2D eigenvalue weighted by atomic mass is 16.7. The Morgan fingerprint density at radius 3 is 2.19 bits per heavy atom. The molecule has 2 rings (SSSR count). The molecule has 5 atom stereocenters. The van der Waals surface area contributed by atoms with Crippen LogP contribution in [0, 0.1) is 0 Å². The smallest absolute Gasteiger partial charge is 0.303 e. The Bertz CT molecular complexity index is 840. The minimum atomic E-state index is -1.16. The van der Waals surface area contributed by atoms with E-state index in [-0.39, 0.29) is 6.61 Å². The van der Waals surface area contributed by atoms with Gasteiger partial charge in [-0.2, -0.15) is 0 Å². The summed E-state index contributed by atoms with van der Waals surface area (Å²) >= 11 is 0. The highest BCUT2D eigenvalue weighted by Crippen LogP contribution is 2.29. The van der Waals surface area contributed by atoms with E-state index in [4.69, 9.17) is 23.7 Å². The van der Waals surface area contributed by atoms with Crippen molar-refractivity contribution in [3.05, 3.63) is 29.8 Å². The van der Waals surface area contributed by atoms with Crippen LogP contribution in [0.2, 0.25) is 0 Å². The number of hydrogen-bond donors (Lipinski definition) is 1. The maximum Gasteiger partial charge on any atom is 0.303 e. The fourth-order valence-corrected chi connectivity index (χ4v) is 3.36. The van der Waals surface area contributed by atoms with Crippen molar-refractivity contribution in [3.63, 3.8) is 0 Å².